The standard InChI is InChI=1S/C30H31BrF4N4O4/c1-29(2,3)43-28(41)36-14-6-5-7-18-15-20(32)9-11-22(18)38-17-39(23-12-13-25(42-4)37-26(23)31)27(40)21-10-8-19(16-24(21)38)30(33,34)35/h8-13,15-16H,5-7,14,17H2,1-4H3,(H,36,41). The number of hydrogen-bond donors (Lipinski definition) is 1. The lowest BCUT2D eigenvalue weighted by molar-refractivity contribution is -0.137. The van der Waals surface area contributed by atoms with Gasteiger partial charge in [0.25, 0.3) is 5.91 Å². The van der Waals surface area contributed by atoms with Gasteiger partial charge in [0.1, 0.15) is 22.7 Å². The number of carbonyl (C=O) groups is 2. The van der Waals surface area contributed by atoms with Gasteiger partial charge in [-0.05, 0) is 104 Å². The number of halogens is 5. The lowest BCUT2D eigenvalue weighted by atomic mass is 10.00. The van der Waals surface area contributed by atoms with Crippen LogP contribution in [0.1, 0.15) is 55.1 Å². The molecule has 0 saturated heterocycles. The first kappa shape index (κ1) is 32.1. The molecule has 0 radical (unpaired) electrons. The molecule has 8 nitrogen and oxygen atoms in total. The van der Waals surface area contributed by atoms with Crippen LogP contribution in [0.25, 0.3) is 0 Å². The quantitative estimate of drug-likeness (QED) is 0.151. The van der Waals surface area contributed by atoms with Crippen molar-refractivity contribution in [1.82, 2.24) is 10.3 Å². The summed E-state index contributed by atoms with van der Waals surface area (Å²) in [7, 11) is 1.44. The molecule has 4 rings (SSSR count). The van der Waals surface area contributed by atoms with Gasteiger partial charge >= 0.3 is 12.3 Å². The minimum Gasteiger partial charge on any atom is -0.481 e. The maximum Gasteiger partial charge on any atom is 0.416 e. The molecule has 0 bridgehead atoms. The first-order valence-corrected chi connectivity index (χ1v) is 14.2. The van der Waals surface area contributed by atoms with Crippen molar-refractivity contribution < 1.29 is 36.6 Å². The topological polar surface area (TPSA) is 84.0 Å². The van der Waals surface area contributed by atoms with Gasteiger partial charge < -0.3 is 19.7 Å². The molecular weight excluding hydrogens is 636 g/mol. The molecule has 0 atom stereocenters. The zero-order valence-electron chi connectivity index (χ0n) is 24.0. The van der Waals surface area contributed by atoms with E-state index in [1.54, 1.807) is 37.8 Å². The molecule has 1 N–H and O–H groups in total. The van der Waals surface area contributed by atoms with Crippen molar-refractivity contribution in [1.29, 1.82) is 0 Å². The molecule has 0 unspecified atom stereocenters. The number of benzene rings is 2. The molecule has 1 aromatic heterocycles. The number of hydrogen-bond acceptors (Lipinski definition) is 6. The Hall–Kier alpha value is -3.87. The Morgan fingerprint density at radius 1 is 1.00 bits per heavy atom. The van der Waals surface area contributed by atoms with Gasteiger partial charge in [-0.25, -0.2) is 14.2 Å². The molecule has 0 aliphatic carbocycles. The highest BCUT2D eigenvalue weighted by Gasteiger charge is 2.37. The molecular formula is C30H31BrF4N4O4. The van der Waals surface area contributed by atoms with Crippen LogP contribution in [0.5, 0.6) is 5.88 Å². The predicted octanol–water partition coefficient (Wildman–Crippen LogP) is 7.61. The number of alkyl halides is 3. The molecule has 43 heavy (non-hydrogen) atoms. The second-order valence-electron chi connectivity index (χ2n) is 10.9. The molecule has 0 saturated carbocycles. The first-order chi connectivity index (χ1) is 20.2. The number of nitrogens with zero attached hydrogens (tertiary/aromatic N) is 3. The summed E-state index contributed by atoms with van der Waals surface area (Å²) in [5, 5.41) is 2.67. The Bertz CT molecular complexity index is 1510. The van der Waals surface area contributed by atoms with E-state index in [1.807, 2.05) is 0 Å². The summed E-state index contributed by atoms with van der Waals surface area (Å²) in [6.45, 7) is 5.42. The fraction of sp³-hybridized carbons (Fsp3) is 0.367. The second-order valence-corrected chi connectivity index (χ2v) is 11.6. The number of nitrogens with one attached hydrogen (secondary N) is 1. The molecule has 3 aromatic rings. The Morgan fingerprint density at radius 2 is 1.72 bits per heavy atom. The number of alkyl carbamates (subject to hydrolysis) is 1. The van der Waals surface area contributed by atoms with Crippen LogP contribution in [0.15, 0.2) is 53.1 Å². The number of carbonyl (C=O) groups excluding carboxylic acids is 2. The van der Waals surface area contributed by atoms with E-state index >= 15 is 0 Å². The monoisotopic (exact) mass is 666 g/mol. The highest BCUT2D eigenvalue weighted by molar-refractivity contribution is 9.10. The number of aryl methyl sites for hydroxylation is 1. The van der Waals surface area contributed by atoms with E-state index in [4.69, 9.17) is 9.47 Å². The zero-order valence-corrected chi connectivity index (χ0v) is 25.6. The van der Waals surface area contributed by atoms with Gasteiger partial charge in [0.05, 0.1) is 29.6 Å². The number of aromatic nitrogens is 1. The molecule has 2 heterocycles. The van der Waals surface area contributed by atoms with Crippen LogP contribution < -0.4 is 19.9 Å². The van der Waals surface area contributed by atoms with Crippen LogP contribution in [0, 0.1) is 5.82 Å². The van der Waals surface area contributed by atoms with Crippen molar-refractivity contribution in [2.45, 2.75) is 51.8 Å². The van der Waals surface area contributed by atoms with Gasteiger partial charge in [-0.1, -0.05) is 0 Å². The summed E-state index contributed by atoms with van der Waals surface area (Å²) >= 11 is 3.36. The zero-order chi connectivity index (χ0) is 31.5. The first-order valence-electron chi connectivity index (χ1n) is 13.4. The van der Waals surface area contributed by atoms with Crippen molar-refractivity contribution in [3.05, 3.63) is 75.6 Å². The highest BCUT2D eigenvalue weighted by Crippen LogP contribution is 2.42. The summed E-state index contributed by atoms with van der Waals surface area (Å²) in [6, 6.07) is 10.2. The van der Waals surface area contributed by atoms with Crippen LogP contribution in [0.4, 0.5) is 39.4 Å². The van der Waals surface area contributed by atoms with Gasteiger partial charge in [0, 0.05) is 18.3 Å². The van der Waals surface area contributed by atoms with E-state index in [0.29, 0.717) is 53.2 Å². The average molecular weight is 667 g/mol. The number of methoxy groups -OCH3 is 1. The van der Waals surface area contributed by atoms with Crippen molar-refractivity contribution in [2.75, 3.05) is 30.1 Å². The minimum atomic E-state index is -4.64. The maximum atomic E-state index is 14.5. The van der Waals surface area contributed by atoms with E-state index in [1.165, 1.54) is 30.2 Å². The summed E-state index contributed by atoms with van der Waals surface area (Å²) in [4.78, 5) is 32.8. The van der Waals surface area contributed by atoms with Crippen LogP contribution in [0.3, 0.4) is 0 Å². The van der Waals surface area contributed by atoms with Crippen LogP contribution in [-0.4, -0.2) is 42.9 Å². The Labute approximate surface area is 255 Å². The van der Waals surface area contributed by atoms with Crippen molar-refractivity contribution in [2.24, 2.45) is 0 Å². The maximum absolute atomic E-state index is 14.5. The van der Waals surface area contributed by atoms with Gasteiger partial charge in [0.15, 0.2) is 0 Å². The van der Waals surface area contributed by atoms with Gasteiger partial charge in [-0.15, -0.1) is 0 Å². The SMILES string of the molecule is COc1ccc(N2CN(c3ccc(F)cc3CCCCNC(=O)OC(C)(C)C)c3cc(C(F)(F)F)ccc3C2=O)c(Br)n1. The third-order valence-corrected chi connectivity index (χ3v) is 7.13. The van der Waals surface area contributed by atoms with Crippen molar-refractivity contribution >= 4 is 45.0 Å². The number of amides is 2. The predicted molar refractivity (Wildman–Crippen MR) is 157 cm³/mol. The fourth-order valence-corrected chi connectivity index (χ4v) is 5.14. The van der Waals surface area contributed by atoms with Gasteiger partial charge in [-0.2, -0.15) is 13.2 Å². The Balaban J connectivity index is 1.67. The highest BCUT2D eigenvalue weighted by atomic mass is 79.9. The largest absolute Gasteiger partial charge is 0.481 e. The number of ether oxygens (including phenoxy) is 2. The molecule has 1 aliphatic rings. The second kappa shape index (κ2) is 12.8. The third-order valence-electron chi connectivity index (χ3n) is 6.55. The van der Waals surface area contributed by atoms with E-state index in [0.717, 1.165) is 18.2 Å². The lowest BCUT2D eigenvalue weighted by Gasteiger charge is -2.39. The average Bonchev–Trinajstić information content (AvgIpc) is 2.92. The molecule has 0 fully saturated rings. The van der Waals surface area contributed by atoms with Crippen molar-refractivity contribution in [3.63, 3.8) is 0 Å². The molecule has 1 aliphatic heterocycles. The van der Waals surface area contributed by atoms with E-state index < -0.39 is 35.2 Å². The van der Waals surface area contributed by atoms with Gasteiger partial charge in [-0.3, -0.25) is 9.69 Å². The summed E-state index contributed by atoms with van der Waals surface area (Å²) in [5.41, 5.74) is -0.116. The lowest BCUT2D eigenvalue weighted by Crippen LogP contribution is -2.45. The molecule has 13 heteroatoms. The molecule has 2 aromatic carbocycles. The summed E-state index contributed by atoms with van der Waals surface area (Å²) in [6.07, 6.45) is -3.76. The number of rotatable bonds is 8. The van der Waals surface area contributed by atoms with Crippen LogP contribution >= 0.6 is 15.9 Å². The van der Waals surface area contributed by atoms with Crippen LogP contribution in [0.2, 0.25) is 0 Å². The van der Waals surface area contributed by atoms with Crippen molar-refractivity contribution in [3.8, 4) is 5.88 Å². The van der Waals surface area contributed by atoms with Crippen LogP contribution in [-0.2, 0) is 17.3 Å². The minimum absolute atomic E-state index is 0.0406. The molecule has 2 amide bonds. The van der Waals surface area contributed by atoms with E-state index in [-0.39, 0.29) is 17.9 Å². The van der Waals surface area contributed by atoms with Gasteiger partial charge in [0.2, 0.25) is 5.88 Å². The van der Waals surface area contributed by atoms with E-state index in [2.05, 4.69) is 26.2 Å². The number of fused-ring (bicyclic) bond motifs is 1. The number of anilines is 3. The number of pyridine rings is 1. The molecule has 0 spiro atoms. The Morgan fingerprint density at radius 3 is 2.37 bits per heavy atom. The number of unbranched alkanes of at least 4 members (excludes halogenated alkanes) is 1. The Kier molecular flexibility index (Phi) is 9.53. The summed E-state index contributed by atoms with van der Waals surface area (Å²) < 4.78 is 66.4. The fourth-order valence-electron chi connectivity index (χ4n) is 4.62. The summed E-state index contributed by atoms with van der Waals surface area (Å²) in [5.74, 6) is -0.736. The normalized spacial score (nSPS) is 13.6. The smallest absolute Gasteiger partial charge is 0.416 e. The van der Waals surface area contributed by atoms with E-state index in [9.17, 15) is 27.2 Å². The third kappa shape index (κ3) is 7.75. The molecule has 230 valence electrons.